The average molecular weight is 311 g/mol. The number of pyridine rings is 1. The molecule has 0 aliphatic carbocycles. The normalized spacial score (nSPS) is 10.1. The van der Waals surface area contributed by atoms with Crippen LogP contribution in [-0.2, 0) is 0 Å². The van der Waals surface area contributed by atoms with E-state index in [1.807, 2.05) is 0 Å². The van der Waals surface area contributed by atoms with E-state index in [1.54, 1.807) is 36.5 Å². The number of benzene rings is 1. The number of halogens is 2. The molecule has 0 unspecified atom stereocenters. The van der Waals surface area contributed by atoms with E-state index >= 15 is 0 Å². The Labute approximate surface area is 126 Å². The van der Waals surface area contributed by atoms with Crippen LogP contribution < -0.4 is 10.1 Å². The van der Waals surface area contributed by atoms with Crippen LogP contribution in [0.2, 0.25) is 10.0 Å². The molecule has 0 aliphatic rings. The molecule has 20 heavy (non-hydrogen) atoms. The van der Waals surface area contributed by atoms with Crippen LogP contribution in [0.4, 0.5) is 0 Å². The molecule has 2 rings (SSSR count). The van der Waals surface area contributed by atoms with Gasteiger partial charge in [0, 0.05) is 12.4 Å². The topological polar surface area (TPSA) is 51.2 Å². The molecule has 0 fully saturated rings. The van der Waals surface area contributed by atoms with E-state index in [0.29, 0.717) is 34.5 Å². The second-order valence-electron chi connectivity index (χ2n) is 3.90. The molecule has 1 aromatic carbocycles. The van der Waals surface area contributed by atoms with Gasteiger partial charge in [-0.25, -0.2) is 0 Å². The van der Waals surface area contributed by atoms with E-state index in [1.165, 1.54) is 6.20 Å². The van der Waals surface area contributed by atoms with Gasteiger partial charge >= 0.3 is 0 Å². The molecule has 104 valence electrons. The smallest absolute Gasteiger partial charge is 0.252 e. The number of nitrogens with zero attached hydrogens (tertiary/aromatic N) is 1. The summed E-state index contributed by atoms with van der Waals surface area (Å²) in [7, 11) is 0. The zero-order valence-corrected chi connectivity index (χ0v) is 12.0. The number of amides is 1. The highest BCUT2D eigenvalue weighted by Crippen LogP contribution is 2.31. The Hall–Kier alpha value is -1.78. The van der Waals surface area contributed by atoms with E-state index in [9.17, 15) is 4.79 Å². The predicted octanol–water partition coefficient (Wildman–Crippen LogP) is 3.20. The molecule has 0 saturated carbocycles. The zero-order chi connectivity index (χ0) is 14.4. The summed E-state index contributed by atoms with van der Waals surface area (Å²) >= 11 is 11.8. The van der Waals surface area contributed by atoms with Gasteiger partial charge in [0.25, 0.3) is 5.91 Å². The number of carbonyl (C=O) groups is 1. The van der Waals surface area contributed by atoms with Gasteiger partial charge in [-0.1, -0.05) is 29.3 Å². The summed E-state index contributed by atoms with van der Waals surface area (Å²) in [5.74, 6) is 0.300. The zero-order valence-electron chi connectivity index (χ0n) is 10.5. The average Bonchev–Trinajstić information content (AvgIpc) is 2.48. The van der Waals surface area contributed by atoms with Crippen LogP contribution >= 0.6 is 23.2 Å². The monoisotopic (exact) mass is 310 g/mol. The predicted molar refractivity (Wildman–Crippen MR) is 78.5 cm³/mol. The number of hydrogen-bond acceptors (Lipinski definition) is 3. The number of nitrogens with one attached hydrogen (secondary N) is 1. The van der Waals surface area contributed by atoms with Gasteiger partial charge in [0.1, 0.15) is 17.4 Å². The van der Waals surface area contributed by atoms with Crippen molar-refractivity contribution in [2.24, 2.45) is 0 Å². The summed E-state index contributed by atoms with van der Waals surface area (Å²) < 4.78 is 5.46. The first kappa shape index (κ1) is 14.6. The highest BCUT2D eigenvalue weighted by molar-refractivity contribution is 6.42. The van der Waals surface area contributed by atoms with E-state index < -0.39 is 0 Å². The van der Waals surface area contributed by atoms with Gasteiger partial charge < -0.3 is 10.1 Å². The molecule has 1 heterocycles. The van der Waals surface area contributed by atoms with Gasteiger partial charge in [-0.3, -0.25) is 9.78 Å². The van der Waals surface area contributed by atoms with Crippen LogP contribution in [0.15, 0.2) is 42.7 Å². The molecule has 0 atom stereocenters. The standard InChI is InChI=1S/C14H12Cl2N2O2/c15-11-4-1-5-12(13(11)16)20-8-7-18-14(19)10-3-2-6-17-9-10/h1-6,9H,7-8H2,(H,18,19). The first-order chi connectivity index (χ1) is 9.68. The quantitative estimate of drug-likeness (QED) is 0.863. The van der Waals surface area contributed by atoms with Crippen molar-refractivity contribution in [2.45, 2.75) is 0 Å². The Balaban J connectivity index is 1.80. The summed E-state index contributed by atoms with van der Waals surface area (Å²) in [4.78, 5) is 15.6. The minimum Gasteiger partial charge on any atom is -0.490 e. The van der Waals surface area contributed by atoms with Gasteiger partial charge in [0.05, 0.1) is 17.1 Å². The molecular formula is C14H12Cl2N2O2. The lowest BCUT2D eigenvalue weighted by atomic mass is 10.3. The number of rotatable bonds is 5. The Bertz CT molecular complexity index is 591. The fraction of sp³-hybridized carbons (Fsp3) is 0.143. The summed E-state index contributed by atoms with van der Waals surface area (Å²) in [5.41, 5.74) is 0.508. The molecule has 0 radical (unpaired) electrons. The SMILES string of the molecule is O=C(NCCOc1cccc(Cl)c1Cl)c1cccnc1. The number of carbonyl (C=O) groups excluding carboxylic acids is 1. The van der Waals surface area contributed by atoms with Crippen LogP contribution in [-0.4, -0.2) is 24.0 Å². The van der Waals surface area contributed by atoms with Gasteiger partial charge in [-0.2, -0.15) is 0 Å². The molecule has 6 heteroatoms. The first-order valence-electron chi connectivity index (χ1n) is 5.93. The molecule has 1 aromatic heterocycles. The second-order valence-corrected chi connectivity index (χ2v) is 4.68. The van der Waals surface area contributed by atoms with Gasteiger partial charge in [0.2, 0.25) is 0 Å². The molecule has 0 saturated heterocycles. The lowest BCUT2D eigenvalue weighted by molar-refractivity contribution is 0.0946. The minimum absolute atomic E-state index is 0.195. The van der Waals surface area contributed by atoms with Crippen molar-refractivity contribution >= 4 is 29.1 Å². The maximum absolute atomic E-state index is 11.7. The number of ether oxygens (including phenoxy) is 1. The third kappa shape index (κ3) is 3.85. The Morgan fingerprint density at radius 3 is 2.85 bits per heavy atom. The highest BCUT2D eigenvalue weighted by Gasteiger charge is 2.06. The second kappa shape index (κ2) is 7.12. The Morgan fingerprint density at radius 1 is 1.25 bits per heavy atom. The Kier molecular flexibility index (Phi) is 5.21. The van der Waals surface area contributed by atoms with Crippen molar-refractivity contribution in [1.82, 2.24) is 10.3 Å². The van der Waals surface area contributed by atoms with Gasteiger partial charge in [-0.05, 0) is 24.3 Å². The minimum atomic E-state index is -0.195. The summed E-state index contributed by atoms with van der Waals surface area (Å²) in [6.07, 6.45) is 3.12. The van der Waals surface area contributed by atoms with Crippen LogP contribution in [0.25, 0.3) is 0 Å². The van der Waals surface area contributed by atoms with Crippen molar-refractivity contribution < 1.29 is 9.53 Å². The summed E-state index contributed by atoms with van der Waals surface area (Å²) in [6, 6.07) is 8.55. The van der Waals surface area contributed by atoms with Crippen LogP contribution in [0.3, 0.4) is 0 Å². The largest absolute Gasteiger partial charge is 0.490 e. The fourth-order valence-corrected chi connectivity index (χ4v) is 1.87. The summed E-state index contributed by atoms with van der Waals surface area (Å²) in [5, 5.41) is 3.53. The van der Waals surface area contributed by atoms with Crippen molar-refractivity contribution in [1.29, 1.82) is 0 Å². The number of hydrogen-bond donors (Lipinski definition) is 1. The van der Waals surface area contributed by atoms with Crippen molar-refractivity contribution in [2.75, 3.05) is 13.2 Å². The van der Waals surface area contributed by atoms with Crippen molar-refractivity contribution in [3.8, 4) is 5.75 Å². The fourth-order valence-electron chi connectivity index (χ4n) is 1.52. The van der Waals surface area contributed by atoms with Crippen LogP contribution in [0.5, 0.6) is 5.75 Å². The van der Waals surface area contributed by atoms with E-state index in [0.717, 1.165) is 0 Å². The lowest BCUT2D eigenvalue weighted by Crippen LogP contribution is -2.28. The Morgan fingerprint density at radius 2 is 2.10 bits per heavy atom. The molecule has 0 spiro atoms. The molecule has 0 aliphatic heterocycles. The van der Waals surface area contributed by atoms with E-state index in [4.69, 9.17) is 27.9 Å². The molecule has 1 N–H and O–H groups in total. The number of aromatic nitrogens is 1. The molecular weight excluding hydrogens is 299 g/mol. The van der Waals surface area contributed by atoms with Gasteiger partial charge in [-0.15, -0.1) is 0 Å². The van der Waals surface area contributed by atoms with E-state index in [2.05, 4.69) is 10.3 Å². The van der Waals surface area contributed by atoms with E-state index in [-0.39, 0.29) is 5.91 Å². The lowest BCUT2D eigenvalue weighted by Gasteiger charge is -2.09. The highest BCUT2D eigenvalue weighted by atomic mass is 35.5. The van der Waals surface area contributed by atoms with Crippen LogP contribution in [0.1, 0.15) is 10.4 Å². The van der Waals surface area contributed by atoms with Crippen molar-refractivity contribution in [3.05, 3.63) is 58.3 Å². The maximum Gasteiger partial charge on any atom is 0.252 e. The van der Waals surface area contributed by atoms with Crippen molar-refractivity contribution in [3.63, 3.8) is 0 Å². The summed E-state index contributed by atoms with van der Waals surface area (Å²) in [6.45, 7) is 0.655. The molecule has 2 aromatic rings. The molecule has 4 nitrogen and oxygen atoms in total. The molecule has 0 bridgehead atoms. The van der Waals surface area contributed by atoms with Crippen LogP contribution in [0, 0.1) is 0 Å². The third-order valence-electron chi connectivity index (χ3n) is 2.49. The first-order valence-corrected chi connectivity index (χ1v) is 6.69. The van der Waals surface area contributed by atoms with Gasteiger partial charge in [0.15, 0.2) is 0 Å². The maximum atomic E-state index is 11.7. The third-order valence-corrected chi connectivity index (χ3v) is 3.29. The molecule has 1 amide bonds.